The Morgan fingerprint density at radius 3 is 2.88 bits per heavy atom. The fourth-order valence-electron chi connectivity index (χ4n) is 3.76. The summed E-state index contributed by atoms with van der Waals surface area (Å²) in [4.78, 5) is 10.4. The van der Waals surface area contributed by atoms with Crippen LogP contribution in [0.1, 0.15) is 58.3 Å². The summed E-state index contributed by atoms with van der Waals surface area (Å²) in [6.45, 7) is 2.11. The molecule has 6 unspecified atom stereocenters. The second-order valence-electron chi connectivity index (χ2n) is 7.36. The van der Waals surface area contributed by atoms with E-state index in [4.69, 9.17) is 4.74 Å². The highest BCUT2D eigenvalue weighted by atomic mass is 19.1. The Morgan fingerprint density at radius 1 is 1.42 bits per heavy atom. The van der Waals surface area contributed by atoms with Crippen LogP contribution in [0.3, 0.4) is 0 Å². The number of hydrogen-bond donors (Lipinski definition) is 2. The van der Waals surface area contributed by atoms with Crippen LogP contribution in [0.2, 0.25) is 0 Å². The molecule has 1 aliphatic carbocycles. The van der Waals surface area contributed by atoms with Crippen LogP contribution in [0.4, 0.5) is 4.39 Å². The van der Waals surface area contributed by atoms with Crippen LogP contribution in [0.15, 0.2) is 24.0 Å². The number of aliphatic hydroxyl groups is 2. The number of ether oxygens (including phenoxy) is 1. The number of carbonyl (C=O) groups excluding carboxylic acids is 1. The van der Waals surface area contributed by atoms with Crippen LogP contribution in [0, 0.1) is 11.8 Å². The van der Waals surface area contributed by atoms with Gasteiger partial charge in [-0.3, -0.25) is 0 Å². The molecule has 1 heterocycles. The van der Waals surface area contributed by atoms with Crippen molar-refractivity contribution in [2.45, 2.75) is 82.8 Å². The van der Waals surface area contributed by atoms with Crippen molar-refractivity contribution in [3.05, 3.63) is 24.0 Å². The summed E-state index contributed by atoms with van der Waals surface area (Å²) in [5.74, 6) is -1.25. The number of alkyl halides is 1. The zero-order chi connectivity index (χ0) is 19.1. The molecule has 0 amide bonds. The molecule has 0 spiro atoms. The zero-order valence-corrected chi connectivity index (χ0v) is 15.4. The van der Waals surface area contributed by atoms with E-state index < -0.39 is 24.3 Å². The van der Waals surface area contributed by atoms with Gasteiger partial charge in [0.2, 0.25) is 0 Å². The van der Waals surface area contributed by atoms with Crippen molar-refractivity contribution in [1.82, 2.24) is 0 Å². The average Bonchev–Trinajstić information content (AvgIpc) is 3.10. The highest BCUT2D eigenvalue weighted by Gasteiger charge is 2.46. The van der Waals surface area contributed by atoms with Crippen LogP contribution in [-0.2, 0) is 9.53 Å². The zero-order valence-electron chi connectivity index (χ0n) is 15.4. The molecule has 2 aliphatic rings. The lowest BCUT2D eigenvalue weighted by atomic mass is 9.92. The molecule has 0 aromatic heterocycles. The summed E-state index contributed by atoms with van der Waals surface area (Å²) >= 11 is 0. The van der Waals surface area contributed by atoms with E-state index >= 15 is 0 Å². The third-order valence-corrected chi connectivity index (χ3v) is 5.24. The third-order valence-electron chi connectivity index (χ3n) is 5.24. The summed E-state index contributed by atoms with van der Waals surface area (Å²) in [5, 5.41) is 30.7. The number of carbonyl (C=O) groups is 1. The van der Waals surface area contributed by atoms with Crippen LogP contribution in [-0.4, -0.2) is 40.7 Å². The van der Waals surface area contributed by atoms with Crippen LogP contribution >= 0.6 is 0 Å². The normalized spacial score (nSPS) is 30.1. The summed E-state index contributed by atoms with van der Waals surface area (Å²) in [6, 6.07) is 0. The van der Waals surface area contributed by atoms with E-state index in [9.17, 15) is 24.5 Å². The van der Waals surface area contributed by atoms with Gasteiger partial charge in [0.15, 0.2) is 6.17 Å². The van der Waals surface area contributed by atoms with Gasteiger partial charge >= 0.3 is 0 Å². The van der Waals surface area contributed by atoms with Gasteiger partial charge in [-0.1, -0.05) is 38.3 Å². The van der Waals surface area contributed by atoms with Gasteiger partial charge in [-0.2, -0.15) is 0 Å². The van der Waals surface area contributed by atoms with E-state index in [1.54, 1.807) is 12.2 Å². The number of rotatable bonds is 11. The monoisotopic (exact) mass is 369 g/mol. The summed E-state index contributed by atoms with van der Waals surface area (Å²) in [5.41, 5.74) is 0. The van der Waals surface area contributed by atoms with Crippen LogP contribution in [0.5, 0.6) is 0 Å². The van der Waals surface area contributed by atoms with Crippen molar-refractivity contribution in [1.29, 1.82) is 0 Å². The van der Waals surface area contributed by atoms with E-state index in [-0.39, 0.29) is 43.0 Å². The van der Waals surface area contributed by atoms with Crippen molar-refractivity contribution in [3.8, 4) is 0 Å². The third kappa shape index (κ3) is 5.81. The van der Waals surface area contributed by atoms with E-state index in [1.165, 1.54) is 0 Å². The Kier molecular flexibility index (Phi) is 8.10. The molecule has 6 atom stereocenters. The predicted octanol–water partition coefficient (Wildman–Crippen LogP) is 2.02. The largest absolute Gasteiger partial charge is 0.550 e. The number of aliphatic carboxylic acids is 1. The number of hydrogen-bond acceptors (Lipinski definition) is 5. The minimum Gasteiger partial charge on any atom is -0.550 e. The number of fused-ring (bicyclic) bond motifs is 1. The van der Waals surface area contributed by atoms with E-state index in [1.807, 2.05) is 6.08 Å². The number of aliphatic hydroxyl groups excluding tert-OH is 2. The molecule has 1 saturated carbocycles. The van der Waals surface area contributed by atoms with Gasteiger partial charge < -0.3 is 24.9 Å². The molecular weight excluding hydrogens is 339 g/mol. The summed E-state index contributed by atoms with van der Waals surface area (Å²) in [7, 11) is 0. The van der Waals surface area contributed by atoms with E-state index in [0.717, 1.165) is 19.3 Å². The highest BCUT2D eigenvalue weighted by molar-refractivity contribution is 5.64. The molecule has 2 rings (SSSR count). The lowest BCUT2D eigenvalue weighted by Crippen LogP contribution is -2.22. The predicted molar refractivity (Wildman–Crippen MR) is 93.6 cm³/mol. The smallest absolute Gasteiger partial charge is 0.157 e. The van der Waals surface area contributed by atoms with Crippen molar-refractivity contribution >= 4 is 5.97 Å². The van der Waals surface area contributed by atoms with Crippen molar-refractivity contribution in [2.75, 3.05) is 0 Å². The standard InChI is InChI=1S/C20H31FO5/c1-2-3-4-6-13(22)9-10-14-15-11-19(26-18(15)12-17(14)23)16(21)7-5-8-20(24)25/h9-11,13-18,22-23H,2-8,12H2,1H3,(H,24,25)/p-1. The van der Waals surface area contributed by atoms with Crippen molar-refractivity contribution < 1.29 is 29.2 Å². The quantitative estimate of drug-likeness (QED) is 0.430. The highest BCUT2D eigenvalue weighted by Crippen LogP contribution is 2.43. The van der Waals surface area contributed by atoms with Crippen LogP contribution in [0.25, 0.3) is 0 Å². The maximum absolute atomic E-state index is 14.2. The first kappa shape index (κ1) is 20.9. The molecule has 0 radical (unpaired) electrons. The molecular formula is C20H30FO5-. The van der Waals surface area contributed by atoms with E-state index in [2.05, 4.69) is 6.92 Å². The molecule has 1 fully saturated rings. The average molecular weight is 369 g/mol. The molecule has 148 valence electrons. The lowest BCUT2D eigenvalue weighted by molar-refractivity contribution is -0.305. The first-order chi connectivity index (χ1) is 12.4. The van der Waals surface area contributed by atoms with Gasteiger partial charge in [0.25, 0.3) is 0 Å². The molecule has 26 heavy (non-hydrogen) atoms. The first-order valence-corrected chi connectivity index (χ1v) is 9.69. The number of carboxylic acids is 1. The Morgan fingerprint density at radius 2 is 2.19 bits per heavy atom. The Balaban J connectivity index is 1.89. The molecule has 6 heteroatoms. The summed E-state index contributed by atoms with van der Waals surface area (Å²) < 4.78 is 19.9. The number of carboxylic acid groups (broad SMARTS) is 1. The van der Waals surface area contributed by atoms with Gasteiger partial charge in [-0.25, -0.2) is 4.39 Å². The second-order valence-corrected chi connectivity index (χ2v) is 7.36. The Bertz CT molecular complexity index is 518. The van der Waals surface area contributed by atoms with Crippen molar-refractivity contribution in [3.63, 3.8) is 0 Å². The molecule has 0 aromatic carbocycles. The van der Waals surface area contributed by atoms with Gasteiger partial charge in [-0.05, 0) is 31.8 Å². The van der Waals surface area contributed by atoms with Gasteiger partial charge in [0, 0.05) is 24.2 Å². The van der Waals surface area contributed by atoms with Crippen LogP contribution < -0.4 is 5.11 Å². The maximum Gasteiger partial charge on any atom is 0.157 e. The Labute approximate surface area is 154 Å². The molecule has 1 aliphatic heterocycles. The number of allylic oxidation sites excluding steroid dienone is 1. The summed E-state index contributed by atoms with van der Waals surface area (Å²) in [6.07, 6.45) is 6.98. The molecule has 0 bridgehead atoms. The number of unbranched alkanes of at least 4 members (excludes halogenated alkanes) is 2. The molecule has 2 N–H and O–H groups in total. The topological polar surface area (TPSA) is 89.8 Å². The first-order valence-electron chi connectivity index (χ1n) is 9.69. The fraction of sp³-hybridized carbons (Fsp3) is 0.750. The van der Waals surface area contributed by atoms with Crippen molar-refractivity contribution in [2.24, 2.45) is 11.8 Å². The fourth-order valence-corrected chi connectivity index (χ4v) is 3.76. The second kappa shape index (κ2) is 10.1. The SMILES string of the molecule is CCCCCC(O)C=CC1C(O)CC2OC(C(F)CCCC(=O)[O-])=CC21. The molecule has 0 aromatic rings. The van der Waals surface area contributed by atoms with Gasteiger partial charge in [0.05, 0.1) is 12.2 Å². The van der Waals surface area contributed by atoms with Gasteiger partial charge in [0.1, 0.15) is 11.9 Å². The minimum atomic E-state index is -1.33. The van der Waals surface area contributed by atoms with Gasteiger partial charge in [-0.15, -0.1) is 0 Å². The lowest BCUT2D eigenvalue weighted by Gasteiger charge is -2.15. The van der Waals surface area contributed by atoms with E-state index in [0.29, 0.717) is 12.8 Å². The molecule has 0 saturated heterocycles. The Hall–Kier alpha value is -1.40. The number of halogens is 1. The maximum atomic E-state index is 14.2. The molecule has 5 nitrogen and oxygen atoms in total. The minimum absolute atomic E-state index is 0.0818.